The van der Waals surface area contributed by atoms with E-state index in [1.165, 1.54) is 0 Å². The number of hydrogen-bond donors (Lipinski definition) is 3. The van der Waals surface area contributed by atoms with Crippen LogP contribution in [0.3, 0.4) is 0 Å². The molecule has 0 saturated heterocycles. The van der Waals surface area contributed by atoms with Gasteiger partial charge in [0.15, 0.2) is 0 Å². The molecule has 0 fully saturated rings. The highest BCUT2D eigenvalue weighted by atomic mass is 16.1. The topological polar surface area (TPSA) is 83.8 Å². The highest BCUT2D eigenvalue weighted by molar-refractivity contribution is 5.95. The highest BCUT2D eigenvalue weighted by Gasteiger charge is 2.08. The molecule has 0 saturated carbocycles. The van der Waals surface area contributed by atoms with Crippen LogP contribution < -0.4 is 11.1 Å². The van der Waals surface area contributed by atoms with E-state index in [0.717, 1.165) is 11.4 Å². The molecule has 4 N–H and O–H groups in total. The fourth-order valence-corrected chi connectivity index (χ4v) is 1.77. The van der Waals surface area contributed by atoms with Crippen LogP contribution in [0.1, 0.15) is 21.7 Å². The summed E-state index contributed by atoms with van der Waals surface area (Å²) in [5.41, 5.74) is 7.85. The number of carbonyl (C=O) groups is 1. The Kier molecular flexibility index (Phi) is 3.62. The van der Waals surface area contributed by atoms with Crippen molar-refractivity contribution in [3.05, 3.63) is 47.5 Å². The standard InChI is InChI=1S/C13H16N4O/c1-9-8-10(14)2-3-11(9)13(18)17-5-4-12-15-6-7-16-12/h2-3,6-8H,4-5,14H2,1H3,(H,15,16)(H,17,18). The van der Waals surface area contributed by atoms with Crippen LogP contribution in [0.25, 0.3) is 0 Å². The summed E-state index contributed by atoms with van der Waals surface area (Å²) in [6, 6.07) is 5.27. The Bertz CT molecular complexity index is 534. The van der Waals surface area contributed by atoms with E-state index in [4.69, 9.17) is 5.73 Å². The Morgan fingerprint density at radius 1 is 1.50 bits per heavy atom. The van der Waals surface area contributed by atoms with Crippen LogP contribution in [-0.2, 0) is 6.42 Å². The molecule has 0 spiro atoms. The molecule has 0 aliphatic heterocycles. The maximum atomic E-state index is 11.9. The van der Waals surface area contributed by atoms with Crippen LogP contribution in [0.4, 0.5) is 5.69 Å². The highest BCUT2D eigenvalue weighted by Crippen LogP contribution is 2.12. The van der Waals surface area contributed by atoms with Gasteiger partial charge >= 0.3 is 0 Å². The first kappa shape index (κ1) is 12.2. The van der Waals surface area contributed by atoms with Gasteiger partial charge in [0.25, 0.3) is 5.91 Å². The normalized spacial score (nSPS) is 10.3. The molecule has 2 aromatic rings. The molecule has 94 valence electrons. The summed E-state index contributed by atoms with van der Waals surface area (Å²) in [6.07, 6.45) is 4.15. The number of nitrogens with zero attached hydrogens (tertiary/aromatic N) is 1. The summed E-state index contributed by atoms with van der Waals surface area (Å²) in [6.45, 7) is 2.42. The number of nitrogens with one attached hydrogen (secondary N) is 2. The lowest BCUT2D eigenvalue weighted by molar-refractivity contribution is 0.0953. The Balaban J connectivity index is 1.91. The number of H-pyrrole nitrogens is 1. The Morgan fingerprint density at radius 2 is 2.33 bits per heavy atom. The number of benzene rings is 1. The fourth-order valence-electron chi connectivity index (χ4n) is 1.77. The van der Waals surface area contributed by atoms with E-state index < -0.39 is 0 Å². The third-order valence-corrected chi connectivity index (χ3v) is 2.70. The molecule has 1 heterocycles. The number of amides is 1. The van der Waals surface area contributed by atoms with Crippen molar-refractivity contribution >= 4 is 11.6 Å². The van der Waals surface area contributed by atoms with Crippen LogP contribution in [0.5, 0.6) is 0 Å². The second kappa shape index (κ2) is 5.35. The van der Waals surface area contributed by atoms with Gasteiger partial charge in [-0.1, -0.05) is 0 Å². The Morgan fingerprint density at radius 3 is 3.00 bits per heavy atom. The van der Waals surface area contributed by atoms with Gasteiger partial charge in [-0.25, -0.2) is 4.98 Å². The number of imidazole rings is 1. The van der Waals surface area contributed by atoms with E-state index >= 15 is 0 Å². The summed E-state index contributed by atoms with van der Waals surface area (Å²) in [5.74, 6) is 0.781. The molecule has 18 heavy (non-hydrogen) atoms. The van der Waals surface area contributed by atoms with Crippen molar-refractivity contribution in [1.29, 1.82) is 0 Å². The first-order valence-corrected chi connectivity index (χ1v) is 5.79. The van der Waals surface area contributed by atoms with Crippen LogP contribution in [-0.4, -0.2) is 22.4 Å². The van der Waals surface area contributed by atoms with Gasteiger partial charge in [0.05, 0.1) is 0 Å². The smallest absolute Gasteiger partial charge is 0.251 e. The number of rotatable bonds is 4. The predicted molar refractivity (Wildman–Crippen MR) is 70.2 cm³/mol. The third kappa shape index (κ3) is 2.88. The number of aromatic amines is 1. The summed E-state index contributed by atoms with van der Waals surface area (Å²) in [7, 11) is 0. The van der Waals surface area contributed by atoms with E-state index in [1.54, 1.807) is 30.6 Å². The minimum atomic E-state index is -0.0842. The van der Waals surface area contributed by atoms with Crippen LogP contribution in [0.15, 0.2) is 30.6 Å². The zero-order valence-corrected chi connectivity index (χ0v) is 10.2. The molecule has 1 aromatic heterocycles. The Labute approximate surface area is 105 Å². The Hall–Kier alpha value is -2.30. The van der Waals surface area contributed by atoms with Gasteiger partial charge in [0.2, 0.25) is 0 Å². The van der Waals surface area contributed by atoms with Crippen molar-refractivity contribution in [2.45, 2.75) is 13.3 Å². The first-order valence-electron chi connectivity index (χ1n) is 5.79. The van der Waals surface area contributed by atoms with Crippen molar-refractivity contribution < 1.29 is 4.79 Å². The van der Waals surface area contributed by atoms with Crippen LogP contribution >= 0.6 is 0 Å². The third-order valence-electron chi connectivity index (χ3n) is 2.70. The van der Waals surface area contributed by atoms with E-state index in [1.807, 2.05) is 6.92 Å². The number of nitrogens with two attached hydrogens (primary N) is 1. The molecule has 0 unspecified atom stereocenters. The molecule has 0 aliphatic carbocycles. The van der Waals surface area contributed by atoms with E-state index in [9.17, 15) is 4.79 Å². The molecular weight excluding hydrogens is 228 g/mol. The van der Waals surface area contributed by atoms with Gasteiger partial charge in [-0.05, 0) is 30.7 Å². The molecule has 1 aromatic carbocycles. The lowest BCUT2D eigenvalue weighted by Crippen LogP contribution is -2.26. The number of hydrogen-bond acceptors (Lipinski definition) is 3. The number of aryl methyl sites for hydroxylation is 1. The second-order valence-corrected chi connectivity index (χ2v) is 4.12. The van der Waals surface area contributed by atoms with Crippen molar-refractivity contribution in [1.82, 2.24) is 15.3 Å². The zero-order chi connectivity index (χ0) is 13.0. The average Bonchev–Trinajstić information content (AvgIpc) is 2.81. The molecular formula is C13H16N4O. The first-order chi connectivity index (χ1) is 8.66. The number of aromatic nitrogens is 2. The predicted octanol–water partition coefficient (Wildman–Crippen LogP) is 1.27. The second-order valence-electron chi connectivity index (χ2n) is 4.12. The lowest BCUT2D eigenvalue weighted by atomic mass is 10.1. The number of carbonyl (C=O) groups excluding carboxylic acids is 1. The average molecular weight is 244 g/mol. The van der Waals surface area contributed by atoms with Crippen LogP contribution in [0.2, 0.25) is 0 Å². The van der Waals surface area contributed by atoms with E-state index in [-0.39, 0.29) is 5.91 Å². The molecule has 0 aliphatic rings. The van der Waals surface area contributed by atoms with Gasteiger partial charge in [-0.3, -0.25) is 4.79 Å². The maximum absolute atomic E-state index is 11.9. The van der Waals surface area contributed by atoms with Gasteiger partial charge in [0, 0.05) is 36.6 Å². The fraction of sp³-hybridized carbons (Fsp3) is 0.231. The van der Waals surface area contributed by atoms with Gasteiger partial charge < -0.3 is 16.0 Å². The van der Waals surface area contributed by atoms with E-state index in [2.05, 4.69) is 15.3 Å². The molecule has 0 bridgehead atoms. The minimum absolute atomic E-state index is 0.0842. The molecule has 0 radical (unpaired) electrons. The SMILES string of the molecule is Cc1cc(N)ccc1C(=O)NCCc1ncc[nH]1. The largest absolute Gasteiger partial charge is 0.399 e. The van der Waals surface area contributed by atoms with Gasteiger partial charge in [0.1, 0.15) is 5.82 Å². The molecule has 5 heteroatoms. The van der Waals surface area contributed by atoms with Crippen molar-refractivity contribution in [3.8, 4) is 0 Å². The lowest BCUT2D eigenvalue weighted by Gasteiger charge is -2.07. The van der Waals surface area contributed by atoms with Gasteiger partial charge in [-0.15, -0.1) is 0 Å². The summed E-state index contributed by atoms with van der Waals surface area (Å²) < 4.78 is 0. The zero-order valence-electron chi connectivity index (χ0n) is 10.2. The number of nitrogen functional groups attached to an aromatic ring is 1. The van der Waals surface area contributed by atoms with Gasteiger partial charge in [-0.2, -0.15) is 0 Å². The summed E-state index contributed by atoms with van der Waals surface area (Å²) in [4.78, 5) is 19.0. The molecule has 5 nitrogen and oxygen atoms in total. The molecule has 1 amide bonds. The van der Waals surface area contributed by atoms with E-state index in [0.29, 0.717) is 24.2 Å². The van der Waals surface area contributed by atoms with Crippen LogP contribution in [0, 0.1) is 6.92 Å². The summed E-state index contributed by atoms with van der Waals surface area (Å²) in [5, 5.41) is 2.86. The van der Waals surface area contributed by atoms with Crippen molar-refractivity contribution in [3.63, 3.8) is 0 Å². The molecule has 2 rings (SSSR count). The van der Waals surface area contributed by atoms with Crippen molar-refractivity contribution in [2.75, 3.05) is 12.3 Å². The van der Waals surface area contributed by atoms with Crippen molar-refractivity contribution in [2.24, 2.45) is 0 Å². The maximum Gasteiger partial charge on any atom is 0.251 e. The monoisotopic (exact) mass is 244 g/mol. The quantitative estimate of drug-likeness (QED) is 0.708. The number of anilines is 1. The minimum Gasteiger partial charge on any atom is -0.399 e. The molecule has 0 atom stereocenters. The summed E-state index contributed by atoms with van der Waals surface area (Å²) >= 11 is 0.